The molecule has 2 fully saturated rings. The van der Waals surface area contributed by atoms with E-state index in [0.29, 0.717) is 12.1 Å². The van der Waals surface area contributed by atoms with Crippen LogP contribution in [0.1, 0.15) is 31.2 Å². The lowest BCUT2D eigenvalue weighted by Gasteiger charge is -2.27. The summed E-state index contributed by atoms with van der Waals surface area (Å²) in [5, 5.41) is 14.8. The van der Waals surface area contributed by atoms with Gasteiger partial charge in [0, 0.05) is 24.7 Å². The molecule has 1 aliphatic carbocycles. The van der Waals surface area contributed by atoms with Gasteiger partial charge in [-0.2, -0.15) is 0 Å². The van der Waals surface area contributed by atoms with Gasteiger partial charge in [0.2, 0.25) is 0 Å². The maximum atomic E-state index is 11.3. The van der Waals surface area contributed by atoms with Gasteiger partial charge in [-0.25, -0.2) is 0 Å². The van der Waals surface area contributed by atoms with Crippen molar-refractivity contribution in [3.63, 3.8) is 0 Å². The van der Waals surface area contributed by atoms with Crippen LogP contribution in [0, 0.1) is 17.0 Å². The lowest BCUT2D eigenvalue weighted by atomic mass is 10.1. The number of anilines is 1. The number of aryl methyl sites for hydroxylation is 1. The van der Waals surface area contributed by atoms with E-state index in [1.54, 1.807) is 6.07 Å². The van der Waals surface area contributed by atoms with Crippen molar-refractivity contribution in [2.24, 2.45) is 0 Å². The summed E-state index contributed by atoms with van der Waals surface area (Å²) in [4.78, 5) is 13.3. The minimum absolute atomic E-state index is 0.245. The highest BCUT2D eigenvalue weighted by molar-refractivity contribution is 5.65. The van der Waals surface area contributed by atoms with Crippen LogP contribution in [0.15, 0.2) is 18.2 Å². The average molecular weight is 275 g/mol. The van der Waals surface area contributed by atoms with E-state index in [1.807, 2.05) is 19.1 Å². The van der Waals surface area contributed by atoms with E-state index >= 15 is 0 Å². The molecule has 1 aliphatic heterocycles. The molecule has 3 rings (SSSR count). The lowest BCUT2D eigenvalue weighted by Crippen LogP contribution is -2.39. The predicted octanol–water partition coefficient (Wildman–Crippen LogP) is 2.62. The van der Waals surface area contributed by atoms with Crippen molar-refractivity contribution in [1.82, 2.24) is 5.32 Å². The van der Waals surface area contributed by atoms with Crippen molar-refractivity contribution in [2.75, 3.05) is 18.0 Å². The minimum Gasteiger partial charge on any atom is -0.361 e. The molecule has 0 spiro atoms. The molecule has 1 heterocycles. The van der Waals surface area contributed by atoms with Crippen molar-refractivity contribution >= 4 is 11.4 Å². The maximum Gasteiger partial charge on any atom is 0.292 e. The van der Waals surface area contributed by atoms with Crippen LogP contribution in [0.3, 0.4) is 0 Å². The number of nitro benzene ring substituents is 1. The second-order valence-electron chi connectivity index (χ2n) is 5.93. The lowest BCUT2D eigenvalue weighted by molar-refractivity contribution is -0.384. The van der Waals surface area contributed by atoms with Crippen LogP contribution < -0.4 is 10.2 Å². The van der Waals surface area contributed by atoms with Gasteiger partial charge in [-0.05, 0) is 50.8 Å². The molecule has 20 heavy (non-hydrogen) atoms. The summed E-state index contributed by atoms with van der Waals surface area (Å²) >= 11 is 0. The van der Waals surface area contributed by atoms with Gasteiger partial charge >= 0.3 is 0 Å². The van der Waals surface area contributed by atoms with Crippen molar-refractivity contribution < 1.29 is 4.92 Å². The molecule has 1 unspecified atom stereocenters. The van der Waals surface area contributed by atoms with E-state index in [1.165, 1.54) is 12.8 Å². The largest absolute Gasteiger partial charge is 0.361 e. The normalized spacial score (nSPS) is 21.9. The maximum absolute atomic E-state index is 11.3. The first-order chi connectivity index (χ1) is 9.65. The van der Waals surface area contributed by atoms with E-state index in [9.17, 15) is 10.1 Å². The fourth-order valence-electron chi connectivity index (χ4n) is 3.00. The van der Waals surface area contributed by atoms with E-state index in [2.05, 4.69) is 10.2 Å². The highest BCUT2D eigenvalue weighted by atomic mass is 16.6. The molecule has 5 heteroatoms. The van der Waals surface area contributed by atoms with Crippen LogP contribution in [0.2, 0.25) is 0 Å². The zero-order chi connectivity index (χ0) is 14.1. The van der Waals surface area contributed by atoms with Gasteiger partial charge < -0.3 is 10.2 Å². The standard InChI is InChI=1S/C15H21N3O2/c1-11-4-7-14(15(9-11)18(19)20)17(13-5-6-13)10-12-3-2-8-16-12/h4,7,9,12-13,16H,2-3,5-6,8,10H2,1H3. The van der Waals surface area contributed by atoms with Gasteiger partial charge in [-0.1, -0.05) is 6.07 Å². The molecule has 108 valence electrons. The third-order valence-corrected chi connectivity index (χ3v) is 4.20. The summed E-state index contributed by atoms with van der Waals surface area (Å²) in [6, 6.07) is 6.53. The van der Waals surface area contributed by atoms with Gasteiger partial charge in [-0.15, -0.1) is 0 Å². The van der Waals surface area contributed by atoms with Crippen LogP contribution in [-0.4, -0.2) is 30.1 Å². The highest BCUT2D eigenvalue weighted by Crippen LogP contribution is 2.37. The second kappa shape index (κ2) is 5.40. The number of nitrogens with zero attached hydrogens (tertiary/aromatic N) is 2. The average Bonchev–Trinajstić information content (AvgIpc) is 3.13. The van der Waals surface area contributed by atoms with Gasteiger partial charge in [-0.3, -0.25) is 10.1 Å². The van der Waals surface area contributed by atoms with Gasteiger partial charge in [0.25, 0.3) is 5.69 Å². The summed E-state index contributed by atoms with van der Waals surface area (Å²) < 4.78 is 0. The topological polar surface area (TPSA) is 58.4 Å². The third-order valence-electron chi connectivity index (χ3n) is 4.20. The summed E-state index contributed by atoms with van der Waals surface area (Å²) in [5.41, 5.74) is 1.97. The highest BCUT2D eigenvalue weighted by Gasteiger charge is 2.34. The zero-order valence-electron chi connectivity index (χ0n) is 11.8. The molecular weight excluding hydrogens is 254 g/mol. The van der Waals surface area contributed by atoms with E-state index in [0.717, 1.165) is 37.2 Å². The molecule has 1 N–H and O–H groups in total. The molecule has 1 aromatic carbocycles. The number of benzene rings is 1. The number of hydrogen-bond acceptors (Lipinski definition) is 4. The van der Waals surface area contributed by atoms with Crippen molar-refractivity contribution in [1.29, 1.82) is 0 Å². The van der Waals surface area contributed by atoms with Crippen LogP contribution in [0.5, 0.6) is 0 Å². The summed E-state index contributed by atoms with van der Waals surface area (Å²) in [7, 11) is 0. The molecule has 5 nitrogen and oxygen atoms in total. The van der Waals surface area contributed by atoms with Crippen LogP contribution in [-0.2, 0) is 0 Å². The zero-order valence-corrected chi connectivity index (χ0v) is 11.8. The SMILES string of the molecule is Cc1ccc(N(CC2CCCN2)C2CC2)c([N+](=O)[O-])c1. The molecular formula is C15H21N3O2. The first-order valence-electron chi connectivity index (χ1n) is 7.40. The van der Waals surface area contributed by atoms with E-state index in [-0.39, 0.29) is 10.6 Å². The molecule has 2 aliphatic rings. The molecule has 1 saturated carbocycles. The van der Waals surface area contributed by atoms with E-state index in [4.69, 9.17) is 0 Å². The van der Waals surface area contributed by atoms with Crippen molar-refractivity contribution in [2.45, 2.75) is 44.7 Å². The van der Waals surface area contributed by atoms with Gasteiger partial charge in [0.1, 0.15) is 5.69 Å². The predicted molar refractivity (Wildman–Crippen MR) is 79.2 cm³/mol. The smallest absolute Gasteiger partial charge is 0.292 e. The third kappa shape index (κ3) is 2.77. The summed E-state index contributed by atoms with van der Waals surface area (Å²) in [6.45, 7) is 3.85. The molecule has 1 atom stereocenters. The number of rotatable bonds is 5. The molecule has 0 amide bonds. The first kappa shape index (κ1) is 13.4. The Kier molecular flexibility index (Phi) is 3.61. The quantitative estimate of drug-likeness (QED) is 0.663. The summed E-state index contributed by atoms with van der Waals surface area (Å²) in [5.74, 6) is 0. The van der Waals surface area contributed by atoms with Crippen LogP contribution >= 0.6 is 0 Å². The Labute approximate surface area is 119 Å². The molecule has 1 aromatic rings. The Morgan fingerprint density at radius 2 is 2.20 bits per heavy atom. The van der Waals surface area contributed by atoms with Crippen molar-refractivity contribution in [3.05, 3.63) is 33.9 Å². The van der Waals surface area contributed by atoms with Gasteiger partial charge in [0.05, 0.1) is 4.92 Å². The Bertz CT molecular complexity index is 508. The molecule has 0 radical (unpaired) electrons. The number of nitrogens with one attached hydrogen (secondary N) is 1. The summed E-state index contributed by atoms with van der Waals surface area (Å²) in [6.07, 6.45) is 4.68. The Morgan fingerprint density at radius 1 is 1.40 bits per heavy atom. The number of nitro groups is 1. The Hall–Kier alpha value is -1.62. The fourth-order valence-corrected chi connectivity index (χ4v) is 3.00. The van der Waals surface area contributed by atoms with Gasteiger partial charge in [0.15, 0.2) is 0 Å². The Morgan fingerprint density at radius 3 is 2.80 bits per heavy atom. The van der Waals surface area contributed by atoms with Crippen molar-refractivity contribution in [3.8, 4) is 0 Å². The second-order valence-corrected chi connectivity index (χ2v) is 5.93. The molecule has 1 saturated heterocycles. The Balaban J connectivity index is 1.88. The van der Waals surface area contributed by atoms with Crippen LogP contribution in [0.4, 0.5) is 11.4 Å². The number of hydrogen-bond donors (Lipinski definition) is 1. The molecule has 0 bridgehead atoms. The van der Waals surface area contributed by atoms with Crippen LogP contribution in [0.25, 0.3) is 0 Å². The first-order valence-corrected chi connectivity index (χ1v) is 7.40. The molecule has 0 aromatic heterocycles. The fraction of sp³-hybridized carbons (Fsp3) is 0.600. The van der Waals surface area contributed by atoms with E-state index < -0.39 is 0 Å². The monoisotopic (exact) mass is 275 g/mol. The minimum atomic E-state index is -0.250.